The number of benzene rings is 2. The molecule has 0 fully saturated rings. The van der Waals surface area contributed by atoms with Gasteiger partial charge in [0, 0.05) is 17.8 Å². The summed E-state index contributed by atoms with van der Waals surface area (Å²) in [5.74, 6) is -2.23. The van der Waals surface area contributed by atoms with Gasteiger partial charge in [0.2, 0.25) is 11.7 Å². The zero-order valence-corrected chi connectivity index (χ0v) is 18.1. The molecule has 5 nitrogen and oxygen atoms in total. The Morgan fingerprint density at radius 3 is 2.69 bits per heavy atom. The maximum absolute atomic E-state index is 13.2. The monoisotopic (exact) mass is 461 g/mol. The average Bonchev–Trinajstić information content (AvgIpc) is 2.81. The Balaban J connectivity index is 0.000000243. The minimum atomic E-state index is -0.940. The SMILES string of the molecule is COc1cccc(F)c1F.NSc1cc(NC(=O)[C@H]2CCc3cc(F)ccc3C2)ccn1. The normalized spacial score (nSPS) is 14.6. The van der Waals surface area contributed by atoms with Crippen LogP contribution in [0.15, 0.2) is 59.8 Å². The molecule has 0 saturated heterocycles. The number of halogens is 3. The number of aromatic nitrogens is 1. The highest BCUT2D eigenvalue weighted by atomic mass is 32.2. The number of fused-ring (bicyclic) bond motifs is 1. The number of aryl methyl sites for hydroxylation is 1. The predicted molar refractivity (Wildman–Crippen MR) is 118 cm³/mol. The van der Waals surface area contributed by atoms with E-state index >= 15 is 0 Å². The van der Waals surface area contributed by atoms with Crippen molar-refractivity contribution in [2.45, 2.75) is 24.3 Å². The van der Waals surface area contributed by atoms with E-state index in [0.29, 0.717) is 17.1 Å². The van der Waals surface area contributed by atoms with Gasteiger partial charge in [0.05, 0.1) is 7.11 Å². The summed E-state index contributed by atoms with van der Waals surface area (Å²) >= 11 is 1.04. The number of anilines is 1. The molecule has 168 valence electrons. The second-order valence-corrected chi connectivity index (χ2v) is 7.75. The van der Waals surface area contributed by atoms with Crippen molar-refractivity contribution < 1.29 is 22.7 Å². The highest BCUT2D eigenvalue weighted by Gasteiger charge is 2.25. The molecule has 3 N–H and O–H groups in total. The number of nitrogens with two attached hydrogens (primary N) is 1. The Kier molecular flexibility index (Phi) is 8.13. The van der Waals surface area contributed by atoms with E-state index in [1.807, 2.05) is 0 Å². The van der Waals surface area contributed by atoms with Gasteiger partial charge in [0.1, 0.15) is 10.8 Å². The second kappa shape index (κ2) is 11.0. The first kappa shape index (κ1) is 23.6. The minimum Gasteiger partial charge on any atom is -0.494 e. The van der Waals surface area contributed by atoms with Crippen molar-refractivity contribution in [3.05, 3.63) is 83.3 Å². The van der Waals surface area contributed by atoms with Crippen molar-refractivity contribution in [2.24, 2.45) is 11.1 Å². The number of hydrogen-bond acceptors (Lipinski definition) is 5. The van der Waals surface area contributed by atoms with Gasteiger partial charge in [0.25, 0.3) is 0 Å². The molecule has 1 atom stereocenters. The summed E-state index contributed by atoms with van der Waals surface area (Å²) in [6, 6.07) is 12.1. The third kappa shape index (κ3) is 6.02. The van der Waals surface area contributed by atoms with Crippen molar-refractivity contribution in [3.8, 4) is 5.75 Å². The number of hydrogen-bond donors (Lipinski definition) is 2. The number of carbonyl (C=O) groups is 1. The largest absolute Gasteiger partial charge is 0.494 e. The molecule has 1 aliphatic carbocycles. The fraction of sp³-hybridized carbons (Fsp3) is 0.217. The van der Waals surface area contributed by atoms with Crippen LogP contribution in [0, 0.1) is 23.4 Å². The quantitative estimate of drug-likeness (QED) is 0.541. The lowest BCUT2D eigenvalue weighted by molar-refractivity contribution is -0.120. The Morgan fingerprint density at radius 2 is 1.97 bits per heavy atom. The molecule has 2 aromatic carbocycles. The molecule has 0 saturated carbocycles. The van der Waals surface area contributed by atoms with E-state index in [-0.39, 0.29) is 23.4 Å². The van der Waals surface area contributed by atoms with Gasteiger partial charge in [-0.3, -0.25) is 9.93 Å². The molecule has 0 spiro atoms. The van der Waals surface area contributed by atoms with Gasteiger partial charge >= 0.3 is 0 Å². The van der Waals surface area contributed by atoms with E-state index in [4.69, 9.17) is 5.14 Å². The standard InChI is InChI=1S/C16H16FN3OS.C7H6F2O/c17-13-4-3-10-7-12(2-1-11(10)8-13)16(21)20-14-5-6-19-15(9-14)22-18;1-10-6-4-2-3-5(8)7(6)9/h3-6,8-9,12H,1-2,7,18H2,(H,19,20,21);2-4H,1H3/t12-;/m0./s1. The fourth-order valence-corrected chi connectivity index (χ4v) is 3.70. The molecule has 1 aliphatic rings. The third-order valence-corrected chi connectivity index (χ3v) is 5.49. The van der Waals surface area contributed by atoms with Crippen molar-refractivity contribution >= 4 is 23.5 Å². The van der Waals surface area contributed by atoms with E-state index in [0.717, 1.165) is 42.0 Å². The van der Waals surface area contributed by atoms with E-state index in [1.165, 1.54) is 25.3 Å². The summed E-state index contributed by atoms with van der Waals surface area (Å²) in [4.78, 5) is 16.5. The van der Waals surface area contributed by atoms with Gasteiger partial charge in [0.15, 0.2) is 11.6 Å². The zero-order valence-electron chi connectivity index (χ0n) is 17.3. The molecule has 1 amide bonds. The molecule has 3 aromatic rings. The number of amides is 1. The van der Waals surface area contributed by atoms with Gasteiger partial charge in [-0.1, -0.05) is 12.1 Å². The first-order chi connectivity index (χ1) is 15.4. The van der Waals surface area contributed by atoms with Gasteiger partial charge in [-0.25, -0.2) is 13.8 Å². The van der Waals surface area contributed by atoms with E-state index < -0.39 is 11.6 Å². The number of rotatable bonds is 4. The van der Waals surface area contributed by atoms with E-state index in [9.17, 15) is 18.0 Å². The lowest BCUT2D eigenvalue weighted by atomic mass is 9.83. The topological polar surface area (TPSA) is 77.2 Å². The summed E-state index contributed by atoms with van der Waals surface area (Å²) in [5, 5.41) is 9.03. The molecule has 4 rings (SSSR count). The number of nitrogens with one attached hydrogen (secondary N) is 1. The molecular weight excluding hydrogens is 439 g/mol. The molecule has 0 bridgehead atoms. The summed E-state index contributed by atoms with van der Waals surface area (Å²) in [7, 11) is 1.29. The number of ether oxygens (including phenoxy) is 1. The molecule has 1 aromatic heterocycles. The Hall–Kier alpha value is -3.04. The Labute approximate surface area is 188 Å². The van der Waals surface area contributed by atoms with Crippen molar-refractivity contribution in [1.82, 2.24) is 4.98 Å². The maximum Gasteiger partial charge on any atom is 0.227 e. The van der Waals surface area contributed by atoms with Gasteiger partial charge in [-0.15, -0.1) is 0 Å². The zero-order chi connectivity index (χ0) is 23.1. The van der Waals surface area contributed by atoms with Crippen molar-refractivity contribution in [1.29, 1.82) is 0 Å². The van der Waals surface area contributed by atoms with Crippen molar-refractivity contribution in [3.63, 3.8) is 0 Å². The Morgan fingerprint density at radius 1 is 1.16 bits per heavy atom. The van der Waals surface area contributed by atoms with Crippen LogP contribution in [0.25, 0.3) is 0 Å². The lowest BCUT2D eigenvalue weighted by Gasteiger charge is -2.24. The van der Waals surface area contributed by atoms with Crippen LogP contribution in [-0.2, 0) is 17.6 Å². The fourth-order valence-electron chi connectivity index (χ4n) is 3.39. The maximum atomic E-state index is 13.2. The number of pyridine rings is 1. The highest BCUT2D eigenvalue weighted by Crippen LogP contribution is 2.27. The van der Waals surface area contributed by atoms with Crippen LogP contribution in [0.1, 0.15) is 17.5 Å². The first-order valence-corrected chi connectivity index (χ1v) is 10.7. The van der Waals surface area contributed by atoms with Gasteiger partial charge in [-0.05, 0) is 78.7 Å². The molecule has 0 unspecified atom stereocenters. The van der Waals surface area contributed by atoms with Gasteiger partial charge in [-0.2, -0.15) is 4.39 Å². The van der Waals surface area contributed by atoms with Crippen LogP contribution in [0.2, 0.25) is 0 Å². The molecule has 1 heterocycles. The molecule has 0 radical (unpaired) electrons. The molecular formula is C23H22F3N3O2S. The number of carbonyl (C=O) groups excluding carboxylic acids is 1. The number of methoxy groups -OCH3 is 1. The Bertz CT molecular complexity index is 1100. The van der Waals surface area contributed by atoms with Crippen LogP contribution >= 0.6 is 11.9 Å². The van der Waals surface area contributed by atoms with Crippen LogP contribution in [0.5, 0.6) is 5.75 Å². The second-order valence-electron chi connectivity index (χ2n) is 7.10. The molecule has 32 heavy (non-hydrogen) atoms. The molecule has 9 heteroatoms. The first-order valence-electron chi connectivity index (χ1n) is 9.80. The third-order valence-electron chi connectivity index (χ3n) is 5.03. The van der Waals surface area contributed by atoms with E-state index in [2.05, 4.69) is 15.0 Å². The number of nitrogens with zero attached hydrogens (tertiary/aromatic N) is 1. The van der Waals surface area contributed by atoms with Crippen LogP contribution in [0.4, 0.5) is 18.9 Å². The van der Waals surface area contributed by atoms with Crippen molar-refractivity contribution in [2.75, 3.05) is 12.4 Å². The summed E-state index contributed by atoms with van der Waals surface area (Å²) < 4.78 is 42.5. The average molecular weight is 462 g/mol. The summed E-state index contributed by atoms with van der Waals surface area (Å²) in [6.07, 6.45) is 3.71. The smallest absolute Gasteiger partial charge is 0.227 e. The minimum absolute atomic E-state index is 0.0193. The summed E-state index contributed by atoms with van der Waals surface area (Å²) in [6.45, 7) is 0. The van der Waals surface area contributed by atoms with Gasteiger partial charge < -0.3 is 10.1 Å². The predicted octanol–water partition coefficient (Wildman–Crippen LogP) is 4.90. The van der Waals surface area contributed by atoms with Crippen LogP contribution < -0.4 is 15.2 Å². The highest BCUT2D eigenvalue weighted by molar-refractivity contribution is 7.97. The van der Waals surface area contributed by atoms with Crippen LogP contribution in [0.3, 0.4) is 0 Å². The van der Waals surface area contributed by atoms with E-state index in [1.54, 1.807) is 30.5 Å². The lowest BCUT2D eigenvalue weighted by Crippen LogP contribution is -2.28. The summed E-state index contributed by atoms with van der Waals surface area (Å²) in [5.41, 5.74) is 2.76. The van der Waals surface area contributed by atoms with Crippen LogP contribution in [-0.4, -0.2) is 18.0 Å². The molecule has 0 aliphatic heterocycles.